The Bertz CT molecular complexity index is 308. The Morgan fingerprint density at radius 1 is 1.56 bits per heavy atom. The van der Waals surface area contributed by atoms with Gasteiger partial charge in [0.25, 0.3) is 0 Å². The zero-order valence-corrected chi connectivity index (χ0v) is 10.9. The molecule has 1 rings (SSSR count). The molecule has 0 unspecified atom stereocenters. The van der Waals surface area contributed by atoms with Crippen molar-refractivity contribution in [3.8, 4) is 0 Å². The molecule has 92 valence electrons. The van der Waals surface area contributed by atoms with E-state index in [4.69, 9.17) is 0 Å². The van der Waals surface area contributed by atoms with Crippen molar-refractivity contribution < 1.29 is 5.11 Å². The van der Waals surface area contributed by atoms with Gasteiger partial charge in [0, 0.05) is 31.6 Å². The molecule has 0 aromatic carbocycles. The Kier molecular flexibility index (Phi) is 5.24. The highest BCUT2D eigenvalue weighted by atomic mass is 32.2. The van der Waals surface area contributed by atoms with Crippen LogP contribution in [0.3, 0.4) is 0 Å². The van der Waals surface area contributed by atoms with Gasteiger partial charge in [-0.1, -0.05) is 5.21 Å². The van der Waals surface area contributed by atoms with Crippen LogP contribution in [-0.2, 0) is 13.6 Å². The molecule has 0 fully saturated rings. The molecule has 1 aromatic rings. The molecule has 16 heavy (non-hydrogen) atoms. The van der Waals surface area contributed by atoms with E-state index < -0.39 is 5.60 Å². The molecule has 0 aliphatic carbocycles. The van der Waals surface area contributed by atoms with Gasteiger partial charge >= 0.3 is 0 Å². The zero-order chi connectivity index (χ0) is 12.0. The summed E-state index contributed by atoms with van der Waals surface area (Å²) in [6.07, 6.45) is 1.76. The number of nitrogens with one attached hydrogen (secondary N) is 1. The van der Waals surface area contributed by atoms with Crippen LogP contribution in [0.2, 0.25) is 0 Å². The molecule has 0 saturated carbocycles. The summed E-state index contributed by atoms with van der Waals surface area (Å²) in [5, 5.41) is 20.5. The first kappa shape index (κ1) is 13.5. The lowest BCUT2D eigenvalue weighted by Crippen LogP contribution is -2.24. The van der Waals surface area contributed by atoms with Crippen molar-refractivity contribution in [3.05, 3.63) is 11.9 Å². The fraction of sp³-hybridized carbons (Fsp3) is 0.800. The van der Waals surface area contributed by atoms with Gasteiger partial charge < -0.3 is 10.4 Å². The molecule has 0 atom stereocenters. The third-order valence-corrected chi connectivity index (χ3v) is 3.40. The highest BCUT2D eigenvalue weighted by Gasteiger charge is 2.11. The van der Waals surface area contributed by atoms with Gasteiger partial charge in [0.05, 0.1) is 17.5 Å². The van der Waals surface area contributed by atoms with E-state index in [0.717, 1.165) is 30.3 Å². The van der Waals surface area contributed by atoms with Crippen molar-refractivity contribution in [3.63, 3.8) is 0 Å². The van der Waals surface area contributed by atoms with Gasteiger partial charge in [0.15, 0.2) is 0 Å². The third kappa shape index (κ3) is 5.48. The lowest BCUT2D eigenvalue weighted by Gasteiger charge is -2.16. The highest BCUT2D eigenvalue weighted by molar-refractivity contribution is 7.99. The van der Waals surface area contributed by atoms with Crippen LogP contribution in [0, 0.1) is 0 Å². The monoisotopic (exact) mass is 244 g/mol. The van der Waals surface area contributed by atoms with Gasteiger partial charge in [0.1, 0.15) is 0 Å². The van der Waals surface area contributed by atoms with Crippen molar-refractivity contribution in [2.24, 2.45) is 7.05 Å². The minimum Gasteiger partial charge on any atom is -0.390 e. The Balaban J connectivity index is 2.03. The largest absolute Gasteiger partial charge is 0.390 e. The zero-order valence-electron chi connectivity index (χ0n) is 10.1. The van der Waals surface area contributed by atoms with Crippen molar-refractivity contribution in [1.29, 1.82) is 0 Å². The molecule has 6 heteroatoms. The molecule has 0 bridgehead atoms. The Morgan fingerprint density at radius 2 is 2.31 bits per heavy atom. The van der Waals surface area contributed by atoms with Crippen molar-refractivity contribution in [2.75, 3.05) is 18.1 Å². The summed E-state index contributed by atoms with van der Waals surface area (Å²) < 4.78 is 1.76. The van der Waals surface area contributed by atoms with E-state index in [1.807, 2.05) is 20.9 Å². The van der Waals surface area contributed by atoms with Crippen molar-refractivity contribution in [2.45, 2.75) is 26.0 Å². The van der Waals surface area contributed by atoms with E-state index in [-0.39, 0.29) is 0 Å². The van der Waals surface area contributed by atoms with Gasteiger partial charge in [0.2, 0.25) is 0 Å². The lowest BCUT2D eigenvalue weighted by atomic mass is 10.2. The molecule has 5 nitrogen and oxygen atoms in total. The molecule has 0 aliphatic heterocycles. The van der Waals surface area contributed by atoms with Crippen LogP contribution in [0.25, 0.3) is 0 Å². The average Bonchev–Trinajstić information content (AvgIpc) is 2.56. The second-order valence-corrected chi connectivity index (χ2v) is 5.50. The molecule has 0 amide bonds. The number of hydrogen-bond donors (Lipinski definition) is 2. The van der Waals surface area contributed by atoms with E-state index in [1.165, 1.54) is 0 Å². The normalized spacial score (nSPS) is 12.0. The third-order valence-electron chi connectivity index (χ3n) is 1.99. The standard InChI is InChI=1S/C10H20N4OS/c1-10(2,15)8-16-5-4-11-6-9-7-12-13-14(9)3/h7,11,15H,4-6,8H2,1-3H3. The maximum Gasteiger partial charge on any atom is 0.0738 e. The minimum atomic E-state index is -0.573. The van der Waals surface area contributed by atoms with Gasteiger partial charge in [-0.3, -0.25) is 4.68 Å². The van der Waals surface area contributed by atoms with Crippen LogP contribution < -0.4 is 5.32 Å². The maximum absolute atomic E-state index is 9.50. The molecule has 0 spiro atoms. The van der Waals surface area contributed by atoms with Crippen LogP contribution >= 0.6 is 11.8 Å². The molecule has 2 N–H and O–H groups in total. The van der Waals surface area contributed by atoms with Crippen LogP contribution in [0.15, 0.2) is 6.20 Å². The van der Waals surface area contributed by atoms with Gasteiger partial charge in [-0.25, -0.2) is 0 Å². The molecular weight excluding hydrogens is 224 g/mol. The average molecular weight is 244 g/mol. The molecular formula is C10H20N4OS. The van der Waals surface area contributed by atoms with Crippen LogP contribution in [0.4, 0.5) is 0 Å². The van der Waals surface area contributed by atoms with Crippen molar-refractivity contribution >= 4 is 11.8 Å². The summed E-state index contributed by atoms with van der Waals surface area (Å²) in [7, 11) is 1.88. The molecule has 0 saturated heterocycles. The van der Waals surface area contributed by atoms with E-state index in [2.05, 4.69) is 15.6 Å². The predicted octanol–water partition coefficient (Wildman–Crippen LogP) is 0.409. The van der Waals surface area contributed by atoms with Crippen LogP contribution in [0.1, 0.15) is 19.5 Å². The number of aliphatic hydroxyl groups is 1. The second kappa shape index (κ2) is 6.22. The quantitative estimate of drug-likeness (QED) is 0.680. The molecule has 1 aromatic heterocycles. The summed E-state index contributed by atoms with van der Waals surface area (Å²) in [6, 6.07) is 0. The Morgan fingerprint density at radius 3 is 2.88 bits per heavy atom. The first-order valence-corrected chi connectivity index (χ1v) is 6.49. The lowest BCUT2D eigenvalue weighted by molar-refractivity contribution is 0.107. The van der Waals surface area contributed by atoms with E-state index in [1.54, 1.807) is 22.6 Å². The molecule has 0 radical (unpaired) electrons. The summed E-state index contributed by atoms with van der Waals surface area (Å²) in [5.74, 6) is 1.76. The fourth-order valence-electron chi connectivity index (χ4n) is 1.15. The number of nitrogens with zero attached hydrogens (tertiary/aromatic N) is 3. The summed E-state index contributed by atoms with van der Waals surface area (Å²) in [5.41, 5.74) is 0.504. The fourth-order valence-corrected chi connectivity index (χ4v) is 2.09. The number of aromatic nitrogens is 3. The summed E-state index contributed by atoms with van der Waals surface area (Å²) in [6.45, 7) is 5.36. The molecule has 1 heterocycles. The van der Waals surface area contributed by atoms with Gasteiger partial charge in [-0.2, -0.15) is 11.8 Å². The number of aryl methyl sites for hydroxylation is 1. The van der Waals surface area contributed by atoms with Gasteiger partial charge in [-0.15, -0.1) is 5.10 Å². The van der Waals surface area contributed by atoms with Crippen molar-refractivity contribution in [1.82, 2.24) is 20.3 Å². The van der Waals surface area contributed by atoms with Crippen LogP contribution in [-0.4, -0.2) is 43.8 Å². The summed E-state index contributed by atoms with van der Waals surface area (Å²) in [4.78, 5) is 0. The SMILES string of the molecule is Cn1nncc1CNCCSCC(C)(C)O. The predicted molar refractivity (Wildman–Crippen MR) is 66.3 cm³/mol. The first-order chi connectivity index (χ1) is 7.49. The molecule has 0 aliphatic rings. The highest BCUT2D eigenvalue weighted by Crippen LogP contribution is 2.10. The van der Waals surface area contributed by atoms with E-state index in [0.29, 0.717) is 0 Å². The Hall–Kier alpha value is -0.590. The summed E-state index contributed by atoms with van der Waals surface area (Å²) >= 11 is 1.75. The number of rotatable bonds is 7. The Labute approximate surface area is 101 Å². The van der Waals surface area contributed by atoms with Gasteiger partial charge in [-0.05, 0) is 13.8 Å². The van der Waals surface area contributed by atoms with E-state index in [9.17, 15) is 5.11 Å². The second-order valence-electron chi connectivity index (χ2n) is 4.39. The van der Waals surface area contributed by atoms with Crippen LogP contribution in [0.5, 0.6) is 0 Å². The number of hydrogen-bond acceptors (Lipinski definition) is 5. The first-order valence-electron chi connectivity index (χ1n) is 5.33. The maximum atomic E-state index is 9.50. The topological polar surface area (TPSA) is 63.0 Å². The van der Waals surface area contributed by atoms with E-state index >= 15 is 0 Å². The smallest absolute Gasteiger partial charge is 0.0738 e. The number of thioether (sulfide) groups is 1. The minimum absolute atomic E-state index is 0.573.